The molecule has 0 aromatic rings. The molecule has 1 spiro atoms. The summed E-state index contributed by atoms with van der Waals surface area (Å²) in [6.45, 7) is 4.01. The van der Waals surface area contributed by atoms with E-state index in [0.29, 0.717) is 0 Å². The van der Waals surface area contributed by atoms with Gasteiger partial charge in [0, 0.05) is 18.1 Å². The quantitative estimate of drug-likeness (QED) is 0.618. The monoisotopic (exact) mass is 443 g/mol. The highest BCUT2D eigenvalue weighted by Crippen LogP contribution is 2.55. The van der Waals surface area contributed by atoms with Gasteiger partial charge in [-0.1, -0.05) is 51.2 Å². The van der Waals surface area contributed by atoms with Crippen LogP contribution in [0.2, 0.25) is 0 Å². The fourth-order valence-corrected chi connectivity index (χ4v) is 6.77. The van der Waals surface area contributed by atoms with Crippen LogP contribution in [0.5, 0.6) is 0 Å². The number of hydrogen-bond donors (Lipinski definition) is 2. The summed E-state index contributed by atoms with van der Waals surface area (Å²) in [6, 6.07) is -0.469. The molecule has 2 N–H and O–H groups in total. The summed E-state index contributed by atoms with van der Waals surface area (Å²) >= 11 is 0. The Balaban J connectivity index is 1.43. The topological polar surface area (TPSA) is 87.7 Å². The molecule has 0 aromatic heterocycles. The van der Waals surface area contributed by atoms with Gasteiger partial charge in [-0.15, -0.1) is 0 Å². The Morgan fingerprint density at radius 3 is 2.28 bits per heavy atom. The van der Waals surface area contributed by atoms with Gasteiger partial charge < -0.3 is 20.3 Å². The van der Waals surface area contributed by atoms with Crippen molar-refractivity contribution in [2.45, 2.75) is 114 Å². The van der Waals surface area contributed by atoms with E-state index in [-0.39, 0.29) is 35.8 Å². The number of ether oxygens (including phenoxy) is 1. The van der Waals surface area contributed by atoms with Crippen LogP contribution in [0.1, 0.15) is 78.1 Å². The maximum atomic E-state index is 13.8. The number of likely N-dealkylation sites (tertiary alicyclic amines) is 1. The van der Waals surface area contributed by atoms with Gasteiger partial charge in [-0.2, -0.15) is 0 Å². The molecule has 6 atom stereocenters. The van der Waals surface area contributed by atoms with E-state index < -0.39 is 29.6 Å². The van der Waals surface area contributed by atoms with Crippen LogP contribution in [0.15, 0.2) is 12.2 Å². The third-order valence-electron chi connectivity index (χ3n) is 8.58. The van der Waals surface area contributed by atoms with E-state index >= 15 is 0 Å². The van der Waals surface area contributed by atoms with Crippen molar-refractivity contribution in [2.24, 2.45) is 11.8 Å². The maximum absolute atomic E-state index is 13.8. The Bertz CT molecular complexity index is 801. The summed E-state index contributed by atoms with van der Waals surface area (Å²) in [6.07, 6.45) is 13.8. The molecule has 5 rings (SSSR count). The molecule has 2 saturated carbocycles. The lowest BCUT2D eigenvalue weighted by Crippen LogP contribution is -2.57. The minimum Gasteiger partial charge on any atom is -0.359 e. The molecule has 7 nitrogen and oxygen atoms in total. The predicted octanol–water partition coefficient (Wildman–Crippen LogP) is 2.44. The van der Waals surface area contributed by atoms with Gasteiger partial charge in [0.15, 0.2) is 0 Å². The molecule has 4 fully saturated rings. The Morgan fingerprint density at radius 1 is 1.06 bits per heavy atom. The molecule has 7 heteroatoms. The second-order valence-corrected chi connectivity index (χ2v) is 10.5. The Hall–Kier alpha value is -1.89. The highest BCUT2D eigenvalue weighted by molar-refractivity contribution is 6.00. The van der Waals surface area contributed by atoms with Crippen LogP contribution in [0.25, 0.3) is 0 Å². The van der Waals surface area contributed by atoms with Gasteiger partial charge in [0.05, 0.1) is 17.9 Å². The molecule has 32 heavy (non-hydrogen) atoms. The maximum Gasteiger partial charge on any atom is 0.246 e. The van der Waals surface area contributed by atoms with E-state index in [1.807, 2.05) is 26.0 Å². The largest absolute Gasteiger partial charge is 0.359 e. The molecule has 2 aliphatic carbocycles. The lowest BCUT2D eigenvalue weighted by Gasteiger charge is -2.35. The molecular weight excluding hydrogens is 406 g/mol. The Kier molecular flexibility index (Phi) is 5.81. The third-order valence-corrected chi connectivity index (χ3v) is 8.58. The van der Waals surface area contributed by atoms with E-state index in [2.05, 4.69) is 10.6 Å². The smallest absolute Gasteiger partial charge is 0.246 e. The molecule has 0 radical (unpaired) electrons. The number of nitrogens with zero attached hydrogens (tertiary/aromatic N) is 1. The summed E-state index contributed by atoms with van der Waals surface area (Å²) in [4.78, 5) is 42.5. The number of nitrogens with one attached hydrogen (secondary N) is 2. The second-order valence-electron chi connectivity index (χ2n) is 10.5. The number of carbonyl (C=O) groups is 3. The molecule has 2 saturated heterocycles. The molecule has 6 unspecified atom stereocenters. The number of hydrogen-bond acceptors (Lipinski definition) is 4. The Morgan fingerprint density at radius 2 is 1.66 bits per heavy atom. The summed E-state index contributed by atoms with van der Waals surface area (Å²) in [5, 5.41) is 6.42. The highest BCUT2D eigenvalue weighted by Gasteiger charge is 2.73. The van der Waals surface area contributed by atoms with Crippen LogP contribution in [0.3, 0.4) is 0 Å². The van der Waals surface area contributed by atoms with E-state index in [0.717, 1.165) is 57.8 Å². The van der Waals surface area contributed by atoms with Crippen LogP contribution in [0, 0.1) is 11.8 Å². The van der Waals surface area contributed by atoms with Crippen molar-refractivity contribution < 1.29 is 19.1 Å². The molecular formula is C25H37N3O4. The average Bonchev–Trinajstić information content (AvgIpc) is 3.55. The predicted molar refractivity (Wildman–Crippen MR) is 120 cm³/mol. The molecule has 176 valence electrons. The van der Waals surface area contributed by atoms with Crippen LogP contribution < -0.4 is 10.6 Å². The first-order valence-electron chi connectivity index (χ1n) is 12.8. The number of rotatable bonds is 6. The first-order chi connectivity index (χ1) is 15.5. The minimum absolute atomic E-state index is 0.0903. The van der Waals surface area contributed by atoms with Gasteiger partial charge in [0.1, 0.15) is 11.6 Å². The molecule has 5 aliphatic rings. The van der Waals surface area contributed by atoms with Crippen molar-refractivity contribution in [1.82, 2.24) is 15.5 Å². The van der Waals surface area contributed by atoms with Crippen molar-refractivity contribution >= 4 is 17.7 Å². The van der Waals surface area contributed by atoms with Crippen LogP contribution >= 0.6 is 0 Å². The SMILES string of the molecule is CCC(C)N1C(=O)C2C(C(=O)NC3CCCCC3)C3C=CC2(O3)C1C(=O)NC1CCCC1. The second kappa shape index (κ2) is 8.47. The van der Waals surface area contributed by atoms with Gasteiger partial charge in [-0.25, -0.2) is 0 Å². The molecule has 3 amide bonds. The first-order valence-corrected chi connectivity index (χ1v) is 12.8. The zero-order valence-electron chi connectivity index (χ0n) is 19.3. The summed E-state index contributed by atoms with van der Waals surface area (Å²) in [5.41, 5.74) is -1.04. The van der Waals surface area contributed by atoms with Gasteiger partial charge in [0.25, 0.3) is 0 Å². The van der Waals surface area contributed by atoms with Gasteiger partial charge in [0.2, 0.25) is 17.7 Å². The summed E-state index contributed by atoms with van der Waals surface area (Å²) in [5.74, 6) is -1.53. The fraction of sp³-hybridized carbons (Fsp3) is 0.800. The summed E-state index contributed by atoms with van der Waals surface area (Å²) < 4.78 is 6.41. The molecule has 2 bridgehead atoms. The molecule has 3 aliphatic heterocycles. The fourth-order valence-electron chi connectivity index (χ4n) is 6.77. The van der Waals surface area contributed by atoms with Gasteiger partial charge >= 0.3 is 0 Å². The van der Waals surface area contributed by atoms with E-state index in [1.165, 1.54) is 6.42 Å². The number of amides is 3. The highest BCUT2D eigenvalue weighted by atomic mass is 16.5. The Labute approximate surface area is 190 Å². The normalized spacial score (nSPS) is 37.7. The standard InChI is InChI=1S/C25H37N3O4/c1-3-15(2)28-21(23(30)27-17-11-7-8-12-17)25-14-13-18(32-25)19(20(25)24(28)31)22(29)26-16-9-5-4-6-10-16/h13-21H,3-12H2,1-2H3,(H,26,29)(H,27,30). The lowest BCUT2D eigenvalue weighted by molar-refractivity contribution is -0.144. The minimum atomic E-state index is -1.04. The van der Waals surface area contributed by atoms with E-state index in [4.69, 9.17) is 4.74 Å². The van der Waals surface area contributed by atoms with Crippen molar-refractivity contribution in [1.29, 1.82) is 0 Å². The number of fused-ring (bicyclic) bond motifs is 1. The molecule has 0 aromatic carbocycles. The third kappa shape index (κ3) is 3.39. The van der Waals surface area contributed by atoms with Crippen LogP contribution in [0.4, 0.5) is 0 Å². The van der Waals surface area contributed by atoms with Crippen molar-refractivity contribution in [3.63, 3.8) is 0 Å². The van der Waals surface area contributed by atoms with Crippen molar-refractivity contribution in [2.75, 3.05) is 0 Å². The molecule has 3 heterocycles. The van der Waals surface area contributed by atoms with Crippen molar-refractivity contribution in [3.05, 3.63) is 12.2 Å². The number of carbonyl (C=O) groups excluding carboxylic acids is 3. The zero-order chi connectivity index (χ0) is 22.5. The van der Waals surface area contributed by atoms with E-state index in [1.54, 1.807) is 4.90 Å². The average molecular weight is 444 g/mol. The zero-order valence-corrected chi connectivity index (χ0v) is 19.3. The van der Waals surface area contributed by atoms with Gasteiger partial charge in [-0.3, -0.25) is 14.4 Å². The van der Waals surface area contributed by atoms with Crippen molar-refractivity contribution in [3.8, 4) is 0 Å². The van der Waals surface area contributed by atoms with Crippen LogP contribution in [-0.2, 0) is 19.1 Å². The van der Waals surface area contributed by atoms with Crippen LogP contribution in [-0.4, -0.2) is 58.5 Å². The first kappa shape index (κ1) is 21.9. The van der Waals surface area contributed by atoms with Gasteiger partial charge in [-0.05, 0) is 39.0 Å². The lowest BCUT2D eigenvalue weighted by atomic mass is 9.74. The summed E-state index contributed by atoms with van der Waals surface area (Å²) in [7, 11) is 0. The van der Waals surface area contributed by atoms with E-state index in [9.17, 15) is 14.4 Å².